The van der Waals surface area contributed by atoms with Crippen LogP contribution >= 0.6 is 0 Å². The first-order valence-corrected chi connectivity index (χ1v) is 9.36. The second kappa shape index (κ2) is 9.72. The zero-order valence-electron chi connectivity index (χ0n) is 16.0. The lowest BCUT2D eigenvalue weighted by Gasteiger charge is -2.32. The fraction of sp³-hybridized carbons (Fsp3) is 0.208. The van der Waals surface area contributed by atoms with Crippen molar-refractivity contribution in [2.24, 2.45) is 0 Å². The van der Waals surface area contributed by atoms with Crippen molar-refractivity contribution in [2.45, 2.75) is 12.5 Å². The number of nitrogens with one attached hydrogen (secondary N) is 1. The minimum atomic E-state index is -0.635. The first-order chi connectivity index (χ1) is 13.7. The van der Waals surface area contributed by atoms with Gasteiger partial charge < -0.3 is 14.8 Å². The highest BCUT2D eigenvalue weighted by Crippen LogP contribution is 2.29. The Morgan fingerprint density at radius 2 is 1.29 bits per heavy atom. The average molecular weight is 375 g/mol. The lowest BCUT2D eigenvalue weighted by Crippen LogP contribution is -2.46. The summed E-state index contributed by atoms with van der Waals surface area (Å²) in [7, 11) is 0. The normalized spacial score (nSPS) is 11.0. The highest BCUT2D eigenvalue weighted by Gasteiger charge is 2.30. The molecule has 0 radical (unpaired) electrons. The largest absolute Gasteiger partial charge is 0.491 e. The van der Waals surface area contributed by atoms with Gasteiger partial charge in [0.15, 0.2) is 0 Å². The molecule has 3 aromatic carbocycles. The maximum atomic E-state index is 12.6. The molecule has 0 atom stereocenters. The Morgan fingerprint density at radius 3 is 1.82 bits per heavy atom. The summed E-state index contributed by atoms with van der Waals surface area (Å²) in [5.74, 6) is 0.617. The molecule has 0 aliphatic heterocycles. The molecular formula is C24H25NO3. The van der Waals surface area contributed by atoms with E-state index in [1.165, 1.54) is 0 Å². The summed E-state index contributed by atoms with van der Waals surface area (Å²) in [4.78, 5) is 12.6. The van der Waals surface area contributed by atoms with E-state index in [-0.39, 0.29) is 12.5 Å². The zero-order valence-corrected chi connectivity index (χ0v) is 16.0. The zero-order chi connectivity index (χ0) is 19.7. The number of para-hydroxylation sites is 1. The number of hydrogen-bond donors (Lipinski definition) is 1. The van der Waals surface area contributed by atoms with Gasteiger partial charge in [0.25, 0.3) is 0 Å². The molecule has 4 heteroatoms. The van der Waals surface area contributed by atoms with Gasteiger partial charge in [-0.3, -0.25) is 4.79 Å². The number of benzene rings is 3. The number of hydrogen-bond acceptors (Lipinski definition) is 3. The van der Waals surface area contributed by atoms with Crippen molar-refractivity contribution in [3.8, 4) is 5.75 Å². The molecule has 0 unspecified atom stereocenters. The van der Waals surface area contributed by atoms with Gasteiger partial charge in [-0.05, 0) is 30.2 Å². The van der Waals surface area contributed by atoms with Crippen molar-refractivity contribution in [2.75, 3.05) is 19.8 Å². The van der Waals surface area contributed by atoms with Crippen LogP contribution in [0.3, 0.4) is 0 Å². The van der Waals surface area contributed by atoms with E-state index in [1.807, 2.05) is 97.9 Å². The van der Waals surface area contributed by atoms with Crippen LogP contribution in [-0.4, -0.2) is 25.7 Å². The maximum Gasteiger partial charge on any atom is 0.246 e. The third-order valence-corrected chi connectivity index (χ3v) is 4.56. The van der Waals surface area contributed by atoms with E-state index in [1.54, 1.807) is 0 Å². The Morgan fingerprint density at radius 1 is 0.786 bits per heavy atom. The Balaban J connectivity index is 1.56. The summed E-state index contributed by atoms with van der Waals surface area (Å²) >= 11 is 0. The number of amides is 1. The van der Waals surface area contributed by atoms with Crippen LogP contribution in [0.25, 0.3) is 0 Å². The molecule has 1 N–H and O–H groups in total. The van der Waals surface area contributed by atoms with Crippen molar-refractivity contribution >= 4 is 5.91 Å². The van der Waals surface area contributed by atoms with Crippen LogP contribution in [0.1, 0.15) is 18.1 Å². The predicted octanol–water partition coefficient (Wildman–Crippen LogP) is 4.16. The van der Waals surface area contributed by atoms with Crippen LogP contribution in [0.4, 0.5) is 0 Å². The quantitative estimate of drug-likeness (QED) is 0.571. The van der Waals surface area contributed by atoms with Crippen LogP contribution in [0.15, 0.2) is 91.0 Å². The lowest BCUT2D eigenvalue weighted by atomic mass is 9.84. The van der Waals surface area contributed by atoms with Gasteiger partial charge in [0.2, 0.25) is 5.91 Å². The lowest BCUT2D eigenvalue weighted by molar-refractivity contribution is -0.127. The van der Waals surface area contributed by atoms with Gasteiger partial charge in [-0.1, -0.05) is 78.9 Å². The molecule has 0 aliphatic rings. The molecule has 3 rings (SSSR count). The molecule has 4 nitrogen and oxygen atoms in total. The molecule has 0 fully saturated rings. The number of carbonyl (C=O) groups excluding carboxylic acids is 1. The number of rotatable bonds is 9. The van der Waals surface area contributed by atoms with Crippen molar-refractivity contribution in [3.05, 3.63) is 102 Å². The van der Waals surface area contributed by atoms with Crippen LogP contribution < -0.4 is 10.1 Å². The van der Waals surface area contributed by atoms with Gasteiger partial charge in [-0.25, -0.2) is 0 Å². The first-order valence-electron chi connectivity index (χ1n) is 9.36. The third kappa shape index (κ3) is 5.21. The Kier molecular flexibility index (Phi) is 6.82. The second-order valence-electron chi connectivity index (χ2n) is 6.62. The molecule has 28 heavy (non-hydrogen) atoms. The van der Waals surface area contributed by atoms with Gasteiger partial charge in [0.05, 0.1) is 12.1 Å². The molecule has 0 heterocycles. The Labute approximate surface area is 166 Å². The third-order valence-electron chi connectivity index (χ3n) is 4.56. The van der Waals surface area contributed by atoms with E-state index < -0.39 is 5.54 Å². The van der Waals surface area contributed by atoms with Crippen molar-refractivity contribution in [1.82, 2.24) is 5.32 Å². The van der Waals surface area contributed by atoms with E-state index in [0.717, 1.165) is 16.9 Å². The van der Waals surface area contributed by atoms with E-state index in [9.17, 15) is 4.79 Å². The highest BCUT2D eigenvalue weighted by atomic mass is 16.5. The molecule has 0 saturated heterocycles. The fourth-order valence-corrected chi connectivity index (χ4v) is 3.07. The van der Waals surface area contributed by atoms with Gasteiger partial charge in [0, 0.05) is 0 Å². The van der Waals surface area contributed by atoms with Crippen molar-refractivity contribution in [1.29, 1.82) is 0 Å². The summed E-state index contributed by atoms with van der Waals surface area (Å²) < 4.78 is 11.1. The minimum Gasteiger partial charge on any atom is -0.491 e. The summed E-state index contributed by atoms with van der Waals surface area (Å²) in [6.07, 6.45) is 0. The van der Waals surface area contributed by atoms with Gasteiger partial charge in [-0.2, -0.15) is 0 Å². The highest BCUT2D eigenvalue weighted by molar-refractivity contribution is 5.79. The van der Waals surface area contributed by atoms with Crippen LogP contribution in [0.2, 0.25) is 0 Å². The van der Waals surface area contributed by atoms with Gasteiger partial charge >= 0.3 is 0 Å². The molecular weight excluding hydrogens is 350 g/mol. The molecule has 0 spiro atoms. The minimum absolute atomic E-state index is 0.0204. The van der Waals surface area contributed by atoms with E-state index >= 15 is 0 Å². The summed E-state index contributed by atoms with van der Waals surface area (Å²) in [5, 5.41) is 3.13. The molecule has 1 amide bonds. The maximum absolute atomic E-state index is 12.6. The van der Waals surface area contributed by atoms with Crippen molar-refractivity contribution < 1.29 is 14.3 Å². The van der Waals surface area contributed by atoms with Crippen LogP contribution in [-0.2, 0) is 15.1 Å². The Hall–Kier alpha value is -3.11. The molecule has 0 aromatic heterocycles. The predicted molar refractivity (Wildman–Crippen MR) is 110 cm³/mol. The summed E-state index contributed by atoms with van der Waals surface area (Å²) in [6.45, 7) is 2.73. The van der Waals surface area contributed by atoms with Gasteiger partial charge in [0.1, 0.15) is 19.0 Å². The molecule has 3 aromatic rings. The van der Waals surface area contributed by atoms with E-state index in [2.05, 4.69) is 5.32 Å². The van der Waals surface area contributed by atoms with E-state index in [4.69, 9.17) is 9.47 Å². The van der Waals surface area contributed by atoms with E-state index in [0.29, 0.717) is 13.2 Å². The second-order valence-corrected chi connectivity index (χ2v) is 6.62. The smallest absolute Gasteiger partial charge is 0.246 e. The van der Waals surface area contributed by atoms with Crippen LogP contribution in [0.5, 0.6) is 5.75 Å². The number of carbonyl (C=O) groups is 1. The molecule has 0 saturated carbocycles. The molecule has 0 bridgehead atoms. The summed E-state index contributed by atoms with van der Waals surface area (Å²) in [6, 6.07) is 29.4. The standard InChI is InChI=1S/C24H25NO3/c1-24(20-11-5-2-6-12-20,21-13-7-3-8-14-21)25-23(26)19-27-17-18-28-22-15-9-4-10-16-22/h2-16H,17-19H2,1H3,(H,25,26). The Bertz CT molecular complexity index is 811. The average Bonchev–Trinajstić information content (AvgIpc) is 2.75. The SMILES string of the molecule is CC(NC(=O)COCCOc1ccccc1)(c1ccccc1)c1ccccc1. The van der Waals surface area contributed by atoms with Crippen LogP contribution in [0, 0.1) is 0 Å². The molecule has 0 aliphatic carbocycles. The summed E-state index contributed by atoms with van der Waals surface area (Å²) in [5.41, 5.74) is 1.40. The monoisotopic (exact) mass is 375 g/mol. The number of ether oxygens (including phenoxy) is 2. The first kappa shape index (κ1) is 19.6. The molecule has 144 valence electrons. The topological polar surface area (TPSA) is 47.6 Å². The fourth-order valence-electron chi connectivity index (χ4n) is 3.07. The van der Waals surface area contributed by atoms with Gasteiger partial charge in [-0.15, -0.1) is 0 Å². The van der Waals surface area contributed by atoms with Crippen molar-refractivity contribution in [3.63, 3.8) is 0 Å².